The van der Waals surface area contributed by atoms with Crippen molar-refractivity contribution in [3.05, 3.63) is 21.1 Å². The number of hydrogen-bond acceptors (Lipinski definition) is 4. The number of ether oxygens (including phenoxy) is 2. The van der Waals surface area contributed by atoms with Crippen LogP contribution in [0.1, 0.15) is 19.8 Å². The topological polar surface area (TPSA) is 52.6 Å². The number of rotatable bonds is 4. The Morgan fingerprint density at radius 2 is 1.95 bits per heavy atom. The van der Waals surface area contributed by atoms with Crippen LogP contribution in [0.5, 0.6) is 5.75 Å². The second-order valence-corrected chi connectivity index (χ2v) is 8.89. The smallest absolute Gasteiger partial charge is 0.261 e. The van der Waals surface area contributed by atoms with Crippen molar-refractivity contribution in [2.24, 2.45) is 0 Å². The van der Waals surface area contributed by atoms with Gasteiger partial charge in [0.15, 0.2) is 0 Å². The van der Waals surface area contributed by atoms with Gasteiger partial charge in [0, 0.05) is 10.7 Å². The highest BCUT2D eigenvalue weighted by Gasteiger charge is 2.23. The van der Waals surface area contributed by atoms with E-state index in [1.165, 1.54) is 12.1 Å². The molecule has 1 fully saturated rings. The molecule has 1 aromatic carbocycles. The highest BCUT2D eigenvalue weighted by atomic mass is 79.9. The van der Waals surface area contributed by atoms with Crippen LogP contribution in [0.4, 0.5) is 0 Å². The zero-order chi connectivity index (χ0) is 14.9. The van der Waals surface area contributed by atoms with Crippen LogP contribution in [0.15, 0.2) is 26.0 Å². The molecule has 0 amide bonds. The predicted octanol–water partition coefficient (Wildman–Crippen LogP) is 4.09. The highest BCUT2D eigenvalue weighted by molar-refractivity contribution is 9.11. The Kier molecular flexibility index (Phi) is 5.40. The third-order valence-corrected chi connectivity index (χ3v) is 5.50. The maximum Gasteiger partial charge on any atom is 0.261 e. The third-order valence-electron chi connectivity index (χ3n) is 2.99. The minimum Gasteiger partial charge on any atom is -0.489 e. The molecule has 0 spiro atoms. The van der Waals surface area contributed by atoms with Crippen molar-refractivity contribution in [1.82, 2.24) is 0 Å². The molecule has 2 atom stereocenters. The molecule has 4 nitrogen and oxygen atoms in total. The molecule has 2 unspecified atom stereocenters. The van der Waals surface area contributed by atoms with Gasteiger partial charge in [-0.05, 0) is 63.8 Å². The van der Waals surface area contributed by atoms with Gasteiger partial charge in [-0.25, -0.2) is 8.42 Å². The minimum absolute atomic E-state index is 0.0102. The van der Waals surface area contributed by atoms with E-state index in [0.717, 1.165) is 12.8 Å². The molecule has 1 aromatic rings. The minimum atomic E-state index is -3.77. The average Bonchev–Trinajstić information content (AvgIpc) is 2.72. The molecule has 2 rings (SSSR count). The standard InChI is InChI=1S/C12H13Br2ClO4S/c1-7-2-3-8(19-7)6-18-12-10(13)4-9(5-11(12)14)20(15,16)17/h4-5,7-8H,2-3,6H2,1H3. The fourth-order valence-corrected chi connectivity index (χ4v) is 4.50. The van der Waals surface area contributed by atoms with Gasteiger partial charge in [-0.15, -0.1) is 0 Å². The van der Waals surface area contributed by atoms with E-state index in [1.54, 1.807) is 0 Å². The van der Waals surface area contributed by atoms with E-state index in [9.17, 15) is 8.42 Å². The lowest BCUT2D eigenvalue weighted by atomic mass is 10.2. The van der Waals surface area contributed by atoms with E-state index in [0.29, 0.717) is 21.3 Å². The molecule has 1 aliphatic heterocycles. The van der Waals surface area contributed by atoms with Crippen LogP contribution in [0.25, 0.3) is 0 Å². The second-order valence-electron chi connectivity index (χ2n) is 4.61. The molecule has 0 N–H and O–H groups in total. The molecular formula is C12H13Br2ClO4S. The van der Waals surface area contributed by atoms with Crippen molar-refractivity contribution in [2.75, 3.05) is 6.61 Å². The van der Waals surface area contributed by atoms with Gasteiger partial charge < -0.3 is 9.47 Å². The van der Waals surface area contributed by atoms with Crippen LogP contribution >= 0.6 is 42.5 Å². The Labute approximate surface area is 139 Å². The van der Waals surface area contributed by atoms with Crippen molar-refractivity contribution in [3.63, 3.8) is 0 Å². The third kappa shape index (κ3) is 4.10. The van der Waals surface area contributed by atoms with E-state index in [4.69, 9.17) is 20.2 Å². The summed E-state index contributed by atoms with van der Waals surface area (Å²) in [6.07, 6.45) is 2.32. The van der Waals surface area contributed by atoms with Crippen LogP contribution < -0.4 is 4.74 Å². The van der Waals surface area contributed by atoms with Crippen LogP contribution in [0.2, 0.25) is 0 Å². The van der Waals surface area contributed by atoms with E-state index >= 15 is 0 Å². The van der Waals surface area contributed by atoms with Crippen molar-refractivity contribution < 1.29 is 17.9 Å². The zero-order valence-corrected chi connectivity index (χ0v) is 15.4. The Hall–Kier alpha value is 0.180. The first-order valence-corrected chi connectivity index (χ1v) is 9.89. The van der Waals surface area contributed by atoms with E-state index in [1.807, 2.05) is 6.92 Å². The Morgan fingerprint density at radius 1 is 1.35 bits per heavy atom. The molecule has 0 aliphatic carbocycles. The fourth-order valence-electron chi connectivity index (χ4n) is 2.00. The molecular weight excluding hydrogens is 435 g/mol. The first-order chi connectivity index (χ1) is 9.27. The summed E-state index contributed by atoms with van der Waals surface area (Å²) >= 11 is 6.59. The van der Waals surface area contributed by atoms with Gasteiger partial charge in [0.25, 0.3) is 9.05 Å². The lowest BCUT2D eigenvalue weighted by Crippen LogP contribution is -2.18. The summed E-state index contributed by atoms with van der Waals surface area (Å²) in [5.41, 5.74) is 0. The fraction of sp³-hybridized carbons (Fsp3) is 0.500. The van der Waals surface area contributed by atoms with Crippen LogP contribution in [-0.2, 0) is 13.8 Å². The summed E-state index contributed by atoms with van der Waals surface area (Å²) in [4.78, 5) is 0.0102. The zero-order valence-electron chi connectivity index (χ0n) is 10.6. The average molecular weight is 449 g/mol. The molecule has 0 radical (unpaired) electrons. The Bertz CT molecular complexity index is 582. The number of hydrogen-bond donors (Lipinski definition) is 0. The maximum atomic E-state index is 11.3. The second kappa shape index (κ2) is 6.52. The molecule has 0 bridgehead atoms. The van der Waals surface area contributed by atoms with Gasteiger partial charge in [0.1, 0.15) is 12.4 Å². The Balaban J connectivity index is 2.13. The molecule has 20 heavy (non-hydrogen) atoms. The van der Waals surface area contributed by atoms with Gasteiger partial charge in [0.05, 0.1) is 26.0 Å². The van der Waals surface area contributed by atoms with E-state index in [-0.39, 0.29) is 17.1 Å². The maximum absolute atomic E-state index is 11.3. The van der Waals surface area contributed by atoms with Crippen LogP contribution in [0.3, 0.4) is 0 Å². The Morgan fingerprint density at radius 3 is 2.40 bits per heavy atom. The van der Waals surface area contributed by atoms with Crippen molar-refractivity contribution in [1.29, 1.82) is 0 Å². The molecule has 1 saturated heterocycles. The molecule has 0 aromatic heterocycles. The van der Waals surface area contributed by atoms with Gasteiger partial charge in [-0.1, -0.05) is 0 Å². The molecule has 0 saturated carbocycles. The van der Waals surface area contributed by atoms with E-state index in [2.05, 4.69) is 31.9 Å². The van der Waals surface area contributed by atoms with E-state index < -0.39 is 9.05 Å². The molecule has 1 heterocycles. The lowest BCUT2D eigenvalue weighted by Gasteiger charge is -2.15. The highest BCUT2D eigenvalue weighted by Crippen LogP contribution is 2.37. The molecule has 8 heteroatoms. The number of benzene rings is 1. The summed E-state index contributed by atoms with van der Waals surface area (Å²) in [5, 5.41) is 0. The van der Waals surface area contributed by atoms with Crippen molar-refractivity contribution in [2.45, 2.75) is 36.9 Å². The predicted molar refractivity (Wildman–Crippen MR) is 83.9 cm³/mol. The summed E-state index contributed by atoms with van der Waals surface area (Å²) in [6.45, 7) is 2.46. The normalized spacial score (nSPS) is 23.0. The van der Waals surface area contributed by atoms with Gasteiger partial charge in [-0.3, -0.25) is 0 Å². The van der Waals surface area contributed by atoms with Crippen LogP contribution in [0, 0.1) is 0 Å². The first-order valence-electron chi connectivity index (χ1n) is 5.99. The summed E-state index contributed by atoms with van der Waals surface area (Å²) in [7, 11) is 1.55. The molecule has 1 aliphatic rings. The number of halogens is 3. The van der Waals surface area contributed by atoms with Gasteiger partial charge >= 0.3 is 0 Å². The van der Waals surface area contributed by atoms with Crippen molar-refractivity contribution >= 4 is 51.6 Å². The van der Waals surface area contributed by atoms with Crippen LogP contribution in [-0.4, -0.2) is 27.2 Å². The summed E-state index contributed by atoms with van der Waals surface area (Å²) < 4.78 is 35.1. The largest absolute Gasteiger partial charge is 0.489 e. The van der Waals surface area contributed by atoms with Gasteiger partial charge in [-0.2, -0.15) is 0 Å². The first kappa shape index (κ1) is 16.5. The molecule has 112 valence electrons. The lowest BCUT2D eigenvalue weighted by molar-refractivity contribution is 0.0261. The summed E-state index contributed by atoms with van der Waals surface area (Å²) in [5.74, 6) is 0.539. The van der Waals surface area contributed by atoms with Crippen molar-refractivity contribution in [3.8, 4) is 5.75 Å². The van der Waals surface area contributed by atoms with Gasteiger partial charge in [0.2, 0.25) is 0 Å². The SMILES string of the molecule is CC1CCC(COc2c(Br)cc(S(=O)(=O)Cl)cc2Br)O1. The quantitative estimate of drug-likeness (QED) is 0.652. The monoisotopic (exact) mass is 446 g/mol. The summed E-state index contributed by atoms with van der Waals surface area (Å²) in [6, 6.07) is 2.83.